The fourth-order valence-corrected chi connectivity index (χ4v) is 4.69. The highest BCUT2D eigenvalue weighted by Gasteiger charge is 2.42. The fraction of sp³-hybridized carbons (Fsp3) is 0.636. The molecule has 34 heavy (non-hydrogen) atoms. The van der Waals surface area contributed by atoms with Crippen LogP contribution in [0.4, 0.5) is 0 Å². The molecular weight excluding hydrogens is 466 g/mol. The molecule has 2 N–H and O–H groups in total. The van der Waals surface area contributed by atoms with Gasteiger partial charge < -0.3 is 24.6 Å². The second-order valence-corrected chi connectivity index (χ2v) is 10.9. The van der Waals surface area contributed by atoms with Gasteiger partial charge >= 0.3 is 5.97 Å². The van der Waals surface area contributed by atoms with Gasteiger partial charge in [0.15, 0.2) is 6.79 Å². The number of carboxylic acid groups (broad SMARTS) is 1. The number of methoxy groups -OCH3 is 1. The van der Waals surface area contributed by atoms with Gasteiger partial charge in [-0.05, 0) is 45.0 Å². The van der Waals surface area contributed by atoms with E-state index in [0.717, 1.165) is 0 Å². The third-order valence-corrected chi connectivity index (χ3v) is 8.08. The predicted octanol–water partition coefficient (Wildman–Crippen LogP) is 0.615. The van der Waals surface area contributed by atoms with E-state index in [4.69, 9.17) is 14.2 Å². The summed E-state index contributed by atoms with van der Waals surface area (Å²) >= 11 is 0. The summed E-state index contributed by atoms with van der Waals surface area (Å²) in [7, 11) is -1.82. The molecule has 1 aromatic carbocycles. The van der Waals surface area contributed by atoms with E-state index in [1.165, 1.54) is 11.2 Å². The second-order valence-electron chi connectivity index (χ2n) is 8.43. The molecule has 0 spiro atoms. The smallest absolute Gasteiger partial charge is 0.325 e. The average molecular weight is 502 g/mol. The number of aliphatic carboxylic acids is 1. The van der Waals surface area contributed by atoms with Crippen LogP contribution in [0, 0.1) is 0 Å². The molecule has 11 nitrogen and oxygen atoms in total. The second kappa shape index (κ2) is 12.5. The summed E-state index contributed by atoms with van der Waals surface area (Å²) in [6, 6.07) is 6.40. The summed E-state index contributed by atoms with van der Waals surface area (Å²) in [6.45, 7) is 6.47. The third kappa shape index (κ3) is 7.12. The predicted molar refractivity (Wildman–Crippen MR) is 125 cm³/mol. The lowest BCUT2D eigenvalue weighted by Gasteiger charge is -2.43. The number of nitrogens with one attached hydrogen (secondary N) is 1. The Balaban J connectivity index is 1.92. The van der Waals surface area contributed by atoms with Crippen molar-refractivity contribution in [3.63, 3.8) is 0 Å². The molecule has 1 fully saturated rings. The van der Waals surface area contributed by atoms with Gasteiger partial charge in [-0.1, -0.05) is 0 Å². The zero-order valence-corrected chi connectivity index (χ0v) is 21.0. The van der Waals surface area contributed by atoms with Gasteiger partial charge in [-0.3, -0.25) is 14.5 Å². The van der Waals surface area contributed by atoms with Crippen molar-refractivity contribution >= 4 is 21.9 Å². The van der Waals surface area contributed by atoms with E-state index in [9.17, 15) is 23.1 Å². The van der Waals surface area contributed by atoms with Gasteiger partial charge in [0.25, 0.3) is 5.91 Å². The van der Waals surface area contributed by atoms with Gasteiger partial charge in [0.05, 0.1) is 18.5 Å². The molecule has 0 radical (unpaired) electrons. The summed E-state index contributed by atoms with van der Waals surface area (Å²) in [5.41, 5.74) is -1.03. The highest BCUT2D eigenvalue weighted by Crippen LogP contribution is 2.21. The molecule has 0 unspecified atom stereocenters. The number of amides is 1. The van der Waals surface area contributed by atoms with Gasteiger partial charge in [0.2, 0.25) is 10.0 Å². The zero-order chi connectivity index (χ0) is 25.4. The molecule has 2 rings (SSSR count). The van der Waals surface area contributed by atoms with Crippen LogP contribution >= 0.6 is 0 Å². The van der Waals surface area contributed by atoms with E-state index in [1.54, 1.807) is 50.1 Å². The van der Waals surface area contributed by atoms with Crippen molar-refractivity contribution in [2.75, 3.05) is 59.8 Å². The van der Waals surface area contributed by atoms with Gasteiger partial charge in [-0.25, -0.2) is 8.42 Å². The van der Waals surface area contributed by atoms with Crippen LogP contribution in [0.2, 0.25) is 0 Å². The van der Waals surface area contributed by atoms with E-state index < -0.39 is 32.7 Å². The van der Waals surface area contributed by atoms with E-state index in [0.29, 0.717) is 24.5 Å². The number of sulfonamides is 1. The lowest BCUT2D eigenvalue weighted by atomic mass is 9.98. The SMILES string of the molecule is COCCOCOc1ccc(C(=O)NC[C@@](C)(C(=O)O)N2CCN(S(=O)(=O)C(C)C)CC2)cc1. The molecule has 0 aliphatic carbocycles. The Kier molecular flexibility index (Phi) is 10.3. The normalized spacial score (nSPS) is 17.3. The van der Waals surface area contributed by atoms with Crippen LogP contribution in [0.1, 0.15) is 31.1 Å². The molecule has 0 bridgehead atoms. The number of carbonyl (C=O) groups excluding carboxylic acids is 1. The number of nitrogens with zero attached hydrogens (tertiary/aromatic N) is 2. The number of rotatable bonds is 13. The molecule has 0 aromatic heterocycles. The number of carboxylic acids is 1. The van der Waals surface area contributed by atoms with Crippen LogP contribution in [0.5, 0.6) is 5.75 Å². The molecule has 1 amide bonds. The highest BCUT2D eigenvalue weighted by molar-refractivity contribution is 7.89. The van der Waals surface area contributed by atoms with Crippen molar-refractivity contribution in [1.29, 1.82) is 0 Å². The highest BCUT2D eigenvalue weighted by atomic mass is 32.2. The van der Waals surface area contributed by atoms with E-state index in [1.807, 2.05) is 0 Å². The number of hydrogen-bond donors (Lipinski definition) is 2. The third-order valence-electron chi connectivity index (χ3n) is 5.80. The van der Waals surface area contributed by atoms with Crippen LogP contribution in [0.3, 0.4) is 0 Å². The van der Waals surface area contributed by atoms with Crippen LogP contribution in [-0.4, -0.2) is 105 Å². The molecule has 12 heteroatoms. The first-order valence-corrected chi connectivity index (χ1v) is 12.6. The number of ether oxygens (including phenoxy) is 3. The number of benzene rings is 1. The maximum absolute atomic E-state index is 12.6. The van der Waals surface area contributed by atoms with Gasteiger partial charge in [0.1, 0.15) is 11.3 Å². The van der Waals surface area contributed by atoms with E-state index >= 15 is 0 Å². The Morgan fingerprint density at radius 2 is 1.74 bits per heavy atom. The van der Waals surface area contributed by atoms with Crippen LogP contribution in [-0.2, 0) is 24.3 Å². The average Bonchev–Trinajstić information content (AvgIpc) is 2.82. The maximum Gasteiger partial charge on any atom is 0.325 e. The first kappa shape index (κ1) is 28.0. The summed E-state index contributed by atoms with van der Waals surface area (Å²) in [5, 5.41) is 12.0. The molecule has 1 saturated heterocycles. The lowest BCUT2D eigenvalue weighted by molar-refractivity contribution is -0.151. The molecule has 1 aliphatic heterocycles. The largest absolute Gasteiger partial charge is 0.480 e. The molecule has 1 aliphatic rings. The number of hydrogen-bond acceptors (Lipinski definition) is 8. The quantitative estimate of drug-likeness (QED) is 0.294. The molecule has 0 saturated carbocycles. The Morgan fingerprint density at radius 3 is 2.26 bits per heavy atom. The summed E-state index contributed by atoms with van der Waals surface area (Å²) in [5.74, 6) is -0.986. The number of piperazine rings is 1. The van der Waals surface area contributed by atoms with Crippen LogP contribution in [0.15, 0.2) is 24.3 Å². The van der Waals surface area contributed by atoms with E-state index in [2.05, 4.69) is 5.32 Å². The van der Waals surface area contributed by atoms with Gasteiger partial charge in [-0.2, -0.15) is 4.31 Å². The topological polar surface area (TPSA) is 135 Å². The molecule has 1 atom stereocenters. The maximum atomic E-state index is 12.6. The van der Waals surface area contributed by atoms with Crippen molar-refractivity contribution in [3.05, 3.63) is 29.8 Å². The Morgan fingerprint density at radius 1 is 1.12 bits per heavy atom. The molecule has 192 valence electrons. The van der Waals surface area contributed by atoms with Crippen molar-refractivity contribution in [1.82, 2.24) is 14.5 Å². The minimum atomic E-state index is -3.40. The Labute approximate surface area is 201 Å². The Hall–Kier alpha value is -2.25. The molecular formula is C22H35N3O8S. The van der Waals surface area contributed by atoms with Crippen LogP contribution < -0.4 is 10.1 Å². The van der Waals surface area contributed by atoms with Crippen molar-refractivity contribution in [3.8, 4) is 5.75 Å². The van der Waals surface area contributed by atoms with Crippen LogP contribution in [0.25, 0.3) is 0 Å². The Bertz CT molecular complexity index is 915. The summed E-state index contributed by atoms with van der Waals surface area (Å²) in [6.07, 6.45) is 0. The van der Waals surface area contributed by atoms with Crippen molar-refractivity contribution in [2.45, 2.75) is 31.6 Å². The molecule has 1 aromatic rings. The minimum absolute atomic E-state index is 0.0532. The van der Waals surface area contributed by atoms with E-state index in [-0.39, 0.29) is 39.5 Å². The van der Waals surface area contributed by atoms with Crippen molar-refractivity contribution in [2.24, 2.45) is 0 Å². The van der Waals surface area contributed by atoms with Crippen molar-refractivity contribution < 1.29 is 37.3 Å². The first-order valence-electron chi connectivity index (χ1n) is 11.1. The lowest BCUT2D eigenvalue weighted by Crippen LogP contribution is -2.64. The number of carbonyl (C=O) groups is 2. The summed E-state index contributed by atoms with van der Waals surface area (Å²) < 4.78 is 41.7. The minimum Gasteiger partial charge on any atom is -0.480 e. The fourth-order valence-electron chi connectivity index (χ4n) is 3.42. The zero-order valence-electron chi connectivity index (χ0n) is 20.2. The first-order chi connectivity index (χ1) is 16.0. The monoisotopic (exact) mass is 501 g/mol. The molecule has 1 heterocycles. The van der Waals surface area contributed by atoms with Gasteiger partial charge in [0, 0.05) is 45.4 Å². The standard InChI is InChI=1S/C22H35N3O8S/c1-17(2)34(29,30)25-11-9-24(10-12-25)22(3,21(27)28)15-23-20(26)18-5-7-19(8-6-18)33-16-32-14-13-31-4/h5-8,17H,9-16H2,1-4H3,(H,23,26)(H,27,28)/t22-/m0/s1. The van der Waals surface area contributed by atoms with Gasteiger partial charge in [-0.15, -0.1) is 0 Å². The summed E-state index contributed by atoms with van der Waals surface area (Å²) in [4.78, 5) is 26.4.